The maximum absolute atomic E-state index is 13.6. The standard InChI is InChI=1S/C21H23F2N3O/c22-18-8-9-20(19(23)15-18)24-21(27)16-26-13-11-25(12-14-26)10-4-7-17-5-2-1-3-6-17/h1-9,15H,10-14,16H2,(H,24,27)/p+2/b7-4-. The number of piperazine rings is 1. The zero-order valence-electron chi connectivity index (χ0n) is 15.2. The van der Waals surface area contributed by atoms with Crippen molar-refractivity contribution in [2.24, 2.45) is 0 Å². The van der Waals surface area contributed by atoms with E-state index in [-0.39, 0.29) is 11.6 Å². The molecule has 0 radical (unpaired) electrons. The van der Waals surface area contributed by atoms with Gasteiger partial charge in [-0.25, -0.2) is 8.78 Å². The van der Waals surface area contributed by atoms with Gasteiger partial charge in [-0.15, -0.1) is 0 Å². The lowest BCUT2D eigenvalue weighted by molar-refractivity contribution is -1.01. The van der Waals surface area contributed by atoms with Crippen LogP contribution in [0.1, 0.15) is 5.56 Å². The van der Waals surface area contributed by atoms with Gasteiger partial charge >= 0.3 is 0 Å². The van der Waals surface area contributed by atoms with E-state index in [4.69, 9.17) is 0 Å². The first-order valence-corrected chi connectivity index (χ1v) is 9.24. The summed E-state index contributed by atoms with van der Waals surface area (Å²) in [7, 11) is 0. The molecule has 1 aliphatic heterocycles. The summed E-state index contributed by atoms with van der Waals surface area (Å²) in [5.74, 6) is -1.66. The molecule has 0 unspecified atom stereocenters. The van der Waals surface area contributed by atoms with Crippen LogP contribution in [0, 0.1) is 11.6 Å². The topological polar surface area (TPSA) is 38.0 Å². The lowest BCUT2D eigenvalue weighted by atomic mass is 10.2. The van der Waals surface area contributed by atoms with Crippen LogP contribution in [0.3, 0.4) is 0 Å². The zero-order valence-corrected chi connectivity index (χ0v) is 15.2. The molecular formula is C21H25F2N3O+2. The molecule has 1 amide bonds. The van der Waals surface area contributed by atoms with Crippen molar-refractivity contribution >= 4 is 17.7 Å². The summed E-state index contributed by atoms with van der Waals surface area (Å²) >= 11 is 0. The molecule has 0 aromatic heterocycles. The SMILES string of the molecule is O=C(C[NH+]1CC[NH+](C/C=C\c2ccccc2)CC1)Nc1ccc(F)cc1F. The molecule has 3 rings (SSSR count). The fourth-order valence-electron chi connectivity index (χ4n) is 3.28. The first-order chi connectivity index (χ1) is 13.1. The Morgan fingerprint density at radius 1 is 1.00 bits per heavy atom. The van der Waals surface area contributed by atoms with Gasteiger partial charge in [0.2, 0.25) is 0 Å². The van der Waals surface area contributed by atoms with Crippen LogP contribution in [0.4, 0.5) is 14.5 Å². The largest absolute Gasteiger partial charge is 0.322 e. The predicted octanol–water partition coefficient (Wildman–Crippen LogP) is 0.400. The number of nitrogens with one attached hydrogen (secondary N) is 3. The van der Waals surface area contributed by atoms with E-state index in [1.54, 1.807) is 0 Å². The van der Waals surface area contributed by atoms with Crippen molar-refractivity contribution in [2.45, 2.75) is 0 Å². The molecule has 3 N–H and O–H groups in total. The predicted molar refractivity (Wildman–Crippen MR) is 102 cm³/mol. The molecule has 1 heterocycles. The second kappa shape index (κ2) is 9.39. The van der Waals surface area contributed by atoms with Gasteiger partial charge in [-0.3, -0.25) is 4.79 Å². The van der Waals surface area contributed by atoms with Crippen LogP contribution < -0.4 is 15.1 Å². The van der Waals surface area contributed by atoms with Crippen molar-refractivity contribution in [3.63, 3.8) is 0 Å². The maximum Gasteiger partial charge on any atom is 0.279 e. The summed E-state index contributed by atoms with van der Waals surface area (Å²) in [4.78, 5) is 14.8. The molecule has 142 valence electrons. The van der Waals surface area contributed by atoms with Gasteiger partial charge in [0.15, 0.2) is 6.54 Å². The molecule has 2 aromatic carbocycles. The summed E-state index contributed by atoms with van der Waals surface area (Å²) in [6, 6.07) is 13.4. The van der Waals surface area contributed by atoms with Gasteiger partial charge in [-0.2, -0.15) is 0 Å². The Hall–Kier alpha value is -2.57. The molecule has 6 heteroatoms. The Morgan fingerprint density at radius 2 is 1.70 bits per heavy atom. The zero-order chi connectivity index (χ0) is 19.1. The lowest BCUT2D eigenvalue weighted by Crippen LogP contribution is -3.28. The summed E-state index contributed by atoms with van der Waals surface area (Å²) in [6.45, 7) is 5.04. The Bertz CT molecular complexity index is 787. The van der Waals surface area contributed by atoms with Crippen LogP contribution in [0.5, 0.6) is 0 Å². The summed E-state index contributed by atoms with van der Waals surface area (Å²) in [5, 5.41) is 2.53. The number of anilines is 1. The van der Waals surface area contributed by atoms with Crippen molar-refractivity contribution in [3.05, 3.63) is 71.8 Å². The molecule has 0 bridgehead atoms. The Balaban J connectivity index is 1.40. The van der Waals surface area contributed by atoms with E-state index in [0.29, 0.717) is 6.54 Å². The van der Waals surface area contributed by atoms with Crippen molar-refractivity contribution in [1.82, 2.24) is 0 Å². The van der Waals surface area contributed by atoms with E-state index in [0.717, 1.165) is 44.9 Å². The monoisotopic (exact) mass is 373 g/mol. The van der Waals surface area contributed by atoms with Crippen LogP contribution in [0.2, 0.25) is 0 Å². The smallest absolute Gasteiger partial charge is 0.279 e. The number of amides is 1. The van der Waals surface area contributed by atoms with Crippen LogP contribution in [0.25, 0.3) is 6.08 Å². The van der Waals surface area contributed by atoms with Crippen molar-refractivity contribution < 1.29 is 23.4 Å². The van der Waals surface area contributed by atoms with Gasteiger partial charge in [-0.05, 0) is 23.8 Å². The van der Waals surface area contributed by atoms with Crippen LogP contribution in [-0.2, 0) is 4.79 Å². The van der Waals surface area contributed by atoms with E-state index in [1.807, 2.05) is 18.2 Å². The molecule has 0 saturated carbocycles. The number of benzene rings is 2. The quantitative estimate of drug-likeness (QED) is 0.674. The third-order valence-electron chi connectivity index (χ3n) is 4.80. The molecule has 2 aromatic rings. The molecule has 0 aliphatic carbocycles. The van der Waals surface area contributed by atoms with Crippen molar-refractivity contribution in [1.29, 1.82) is 0 Å². The average molecular weight is 373 g/mol. The number of carbonyl (C=O) groups is 1. The van der Waals surface area contributed by atoms with E-state index < -0.39 is 11.6 Å². The molecule has 0 spiro atoms. The third-order valence-corrected chi connectivity index (χ3v) is 4.80. The highest BCUT2D eigenvalue weighted by Crippen LogP contribution is 2.14. The number of carbonyl (C=O) groups excluding carboxylic acids is 1. The number of hydrogen-bond acceptors (Lipinski definition) is 1. The van der Waals surface area contributed by atoms with Crippen LogP contribution >= 0.6 is 0 Å². The lowest BCUT2D eigenvalue weighted by Gasteiger charge is -2.28. The summed E-state index contributed by atoms with van der Waals surface area (Å²) < 4.78 is 26.5. The molecule has 4 nitrogen and oxygen atoms in total. The second-order valence-corrected chi connectivity index (χ2v) is 6.87. The Kier molecular flexibility index (Phi) is 6.68. The Labute approximate surface area is 158 Å². The van der Waals surface area contributed by atoms with Gasteiger partial charge in [-0.1, -0.05) is 36.4 Å². The van der Waals surface area contributed by atoms with Crippen LogP contribution in [0.15, 0.2) is 54.6 Å². The van der Waals surface area contributed by atoms with Gasteiger partial charge in [0.25, 0.3) is 5.91 Å². The summed E-state index contributed by atoms with van der Waals surface area (Å²) in [6.07, 6.45) is 4.33. The number of quaternary nitrogens is 2. The number of hydrogen-bond donors (Lipinski definition) is 3. The van der Waals surface area contributed by atoms with Crippen molar-refractivity contribution in [2.75, 3.05) is 44.6 Å². The van der Waals surface area contributed by atoms with Crippen molar-refractivity contribution in [3.8, 4) is 0 Å². The van der Waals surface area contributed by atoms with E-state index in [9.17, 15) is 13.6 Å². The normalized spacial score (nSPS) is 19.9. The third kappa shape index (κ3) is 5.98. The molecule has 0 atom stereocenters. The van der Waals surface area contributed by atoms with Crippen LogP contribution in [-0.4, -0.2) is 45.2 Å². The van der Waals surface area contributed by atoms with Gasteiger partial charge in [0, 0.05) is 6.07 Å². The number of halogens is 2. The fraction of sp³-hybridized carbons (Fsp3) is 0.286. The maximum atomic E-state index is 13.6. The van der Waals surface area contributed by atoms with E-state index in [1.165, 1.54) is 21.4 Å². The highest BCUT2D eigenvalue weighted by Gasteiger charge is 2.24. The Morgan fingerprint density at radius 3 is 2.41 bits per heavy atom. The minimum absolute atomic E-state index is 0.0242. The number of rotatable bonds is 6. The van der Waals surface area contributed by atoms with Gasteiger partial charge in [0.1, 0.15) is 37.8 Å². The molecule has 1 saturated heterocycles. The first-order valence-electron chi connectivity index (χ1n) is 9.24. The average Bonchev–Trinajstić information content (AvgIpc) is 2.66. The molecule has 27 heavy (non-hydrogen) atoms. The molecular weight excluding hydrogens is 348 g/mol. The highest BCUT2D eigenvalue weighted by atomic mass is 19.1. The fourth-order valence-corrected chi connectivity index (χ4v) is 3.28. The minimum Gasteiger partial charge on any atom is -0.322 e. The second-order valence-electron chi connectivity index (χ2n) is 6.87. The minimum atomic E-state index is -0.752. The summed E-state index contributed by atoms with van der Waals surface area (Å²) in [5.41, 5.74) is 1.22. The van der Waals surface area contributed by atoms with E-state index in [2.05, 4.69) is 29.6 Å². The molecule has 1 fully saturated rings. The van der Waals surface area contributed by atoms with Gasteiger partial charge in [0.05, 0.1) is 12.2 Å². The van der Waals surface area contributed by atoms with Gasteiger partial charge < -0.3 is 15.1 Å². The first kappa shape index (κ1) is 19.2. The molecule has 1 aliphatic rings. The highest BCUT2D eigenvalue weighted by molar-refractivity contribution is 5.91. The van der Waals surface area contributed by atoms with E-state index >= 15 is 0 Å².